The molecule has 1 aliphatic heterocycles. The number of piperazine rings is 1. The van der Waals surface area contributed by atoms with Crippen molar-refractivity contribution in [1.29, 1.82) is 0 Å². The molecule has 0 aliphatic carbocycles. The summed E-state index contributed by atoms with van der Waals surface area (Å²) >= 11 is 0. The first-order chi connectivity index (χ1) is 12.9. The Bertz CT molecular complexity index is 742. The fraction of sp³-hybridized carbons (Fsp3) is 0.400. The average molecular weight is 380 g/mol. The maximum absolute atomic E-state index is 12.6. The first-order valence-corrected chi connectivity index (χ1v) is 8.84. The van der Waals surface area contributed by atoms with Gasteiger partial charge in [0.2, 0.25) is 0 Å². The Morgan fingerprint density at radius 3 is 2.22 bits per heavy atom. The molecule has 0 saturated carbocycles. The predicted octanol–water partition coefficient (Wildman–Crippen LogP) is 3.57. The molecule has 7 heteroatoms. The van der Waals surface area contributed by atoms with E-state index >= 15 is 0 Å². The van der Waals surface area contributed by atoms with Crippen LogP contribution in [-0.4, -0.2) is 49.8 Å². The summed E-state index contributed by atoms with van der Waals surface area (Å²) in [6.45, 7) is 3.50. The van der Waals surface area contributed by atoms with Crippen molar-refractivity contribution in [3.05, 3.63) is 59.7 Å². The third-order valence-corrected chi connectivity index (χ3v) is 4.85. The number of aliphatic hydroxyl groups excluding tert-OH is 1. The molecular formula is C20H23F3N2O2. The van der Waals surface area contributed by atoms with E-state index in [1.54, 1.807) is 7.11 Å². The van der Waals surface area contributed by atoms with Gasteiger partial charge >= 0.3 is 6.18 Å². The van der Waals surface area contributed by atoms with Gasteiger partial charge in [-0.3, -0.25) is 4.90 Å². The molecule has 0 bridgehead atoms. The number of ether oxygens (including phenoxy) is 1. The number of β-amino-alcohol motifs (C(OH)–C–C–N with tert-alkyl or cyclic N) is 1. The minimum atomic E-state index is -4.36. The highest BCUT2D eigenvalue weighted by Crippen LogP contribution is 2.31. The molecule has 0 radical (unpaired) electrons. The topological polar surface area (TPSA) is 35.9 Å². The summed E-state index contributed by atoms with van der Waals surface area (Å²) in [6, 6.07) is 12.6. The van der Waals surface area contributed by atoms with Crippen molar-refractivity contribution < 1.29 is 23.0 Å². The van der Waals surface area contributed by atoms with Gasteiger partial charge in [0.25, 0.3) is 0 Å². The summed E-state index contributed by atoms with van der Waals surface area (Å²) in [5, 5.41) is 10.4. The number of para-hydroxylation sites is 2. The molecule has 1 fully saturated rings. The van der Waals surface area contributed by atoms with Crippen molar-refractivity contribution in [3.63, 3.8) is 0 Å². The van der Waals surface area contributed by atoms with E-state index < -0.39 is 17.8 Å². The molecule has 0 aromatic heterocycles. The first kappa shape index (κ1) is 19.5. The van der Waals surface area contributed by atoms with Crippen LogP contribution in [0.15, 0.2) is 48.5 Å². The number of aliphatic hydroxyl groups is 1. The maximum Gasteiger partial charge on any atom is 0.416 e. The van der Waals surface area contributed by atoms with Crippen LogP contribution < -0.4 is 9.64 Å². The Labute approximate surface area is 156 Å². The zero-order chi connectivity index (χ0) is 19.4. The fourth-order valence-electron chi connectivity index (χ4n) is 3.31. The SMILES string of the molecule is COc1ccccc1N1CCN(C[C@@H](O)c2ccc(C(F)(F)F)cc2)CC1. The standard InChI is InChI=1S/C20H23F3N2O2/c1-27-19-5-3-2-4-17(19)25-12-10-24(11-13-25)14-18(26)15-6-8-16(9-7-15)20(21,22)23/h2-9,18,26H,10-14H2,1H3/t18-/m1/s1. The van der Waals surface area contributed by atoms with Crippen molar-refractivity contribution in [3.8, 4) is 5.75 Å². The third-order valence-electron chi connectivity index (χ3n) is 4.85. The number of hydrogen-bond donors (Lipinski definition) is 1. The van der Waals surface area contributed by atoms with E-state index in [9.17, 15) is 18.3 Å². The van der Waals surface area contributed by atoms with E-state index in [1.807, 2.05) is 24.3 Å². The van der Waals surface area contributed by atoms with Gasteiger partial charge in [-0.25, -0.2) is 0 Å². The summed E-state index contributed by atoms with van der Waals surface area (Å²) in [5.41, 5.74) is 0.835. The molecule has 1 N–H and O–H groups in total. The molecule has 1 aliphatic rings. The molecule has 0 spiro atoms. The van der Waals surface area contributed by atoms with Gasteiger partial charge in [0.1, 0.15) is 5.75 Å². The van der Waals surface area contributed by atoms with E-state index in [4.69, 9.17) is 4.74 Å². The molecule has 4 nitrogen and oxygen atoms in total. The van der Waals surface area contributed by atoms with Gasteiger partial charge in [-0.15, -0.1) is 0 Å². The van der Waals surface area contributed by atoms with Crippen LogP contribution >= 0.6 is 0 Å². The van der Waals surface area contributed by atoms with Crippen molar-refractivity contribution >= 4 is 5.69 Å². The van der Waals surface area contributed by atoms with Gasteiger partial charge in [-0.05, 0) is 29.8 Å². The smallest absolute Gasteiger partial charge is 0.416 e. The van der Waals surface area contributed by atoms with E-state index in [2.05, 4.69) is 9.80 Å². The van der Waals surface area contributed by atoms with Crippen molar-refractivity contribution in [1.82, 2.24) is 4.90 Å². The normalized spacial score (nSPS) is 17.0. The van der Waals surface area contributed by atoms with Gasteiger partial charge in [-0.2, -0.15) is 13.2 Å². The Kier molecular flexibility index (Phi) is 5.92. The summed E-state index contributed by atoms with van der Waals surface area (Å²) in [4.78, 5) is 4.36. The zero-order valence-corrected chi connectivity index (χ0v) is 15.1. The molecule has 2 aromatic rings. The second kappa shape index (κ2) is 8.19. The summed E-state index contributed by atoms with van der Waals surface area (Å²) < 4.78 is 43.3. The highest BCUT2D eigenvalue weighted by molar-refractivity contribution is 5.58. The van der Waals surface area contributed by atoms with Crippen LogP contribution in [0.3, 0.4) is 0 Å². The molecule has 0 unspecified atom stereocenters. The Morgan fingerprint density at radius 2 is 1.63 bits per heavy atom. The van der Waals surface area contributed by atoms with E-state index in [-0.39, 0.29) is 0 Å². The lowest BCUT2D eigenvalue weighted by Crippen LogP contribution is -2.47. The van der Waals surface area contributed by atoms with Crippen LogP contribution in [0.2, 0.25) is 0 Å². The van der Waals surface area contributed by atoms with Crippen LogP contribution in [-0.2, 0) is 6.18 Å². The second-order valence-electron chi connectivity index (χ2n) is 6.60. The summed E-state index contributed by atoms with van der Waals surface area (Å²) in [5.74, 6) is 0.829. The molecule has 2 aromatic carbocycles. The molecule has 146 valence electrons. The van der Waals surface area contributed by atoms with Crippen molar-refractivity contribution in [2.24, 2.45) is 0 Å². The number of nitrogens with zero attached hydrogens (tertiary/aromatic N) is 2. The lowest BCUT2D eigenvalue weighted by molar-refractivity contribution is -0.137. The zero-order valence-electron chi connectivity index (χ0n) is 15.1. The van der Waals surface area contributed by atoms with Crippen LogP contribution in [0.5, 0.6) is 5.75 Å². The second-order valence-corrected chi connectivity index (χ2v) is 6.60. The van der Waals surface area contributed by atoms with Crippen LogP contribution in [0.4, 0.5) is 18.9 Å². The Balaban J connectivity index is 1.56. The number of methoxy groups -OCH3 is 1. The van der Waals surface area contributed by atoms with Crippen LogP contribution in [0, 0.1) is 0 Å². The van der Waals surface area contributed by atoms with E-state index in [0.717, 1.165) is 49.7 Å². The maximum atomic E-state index is 12.6. The van der Waals surface area contributed by atoms with Gasteiger partial charge in [0.05, 0.1) is 24.5 Å². The number of hydrogen-bond acceptors (Lipinski definition) is 4. The van der Waals surface area contributed by atoms with Gasteiger partial charge in [-0.1, -0.05) is 24.3 Å². The number of alkyl halides is 3. The molecule has 1 heterocycles. The molecule has 0 amide bonds. The number of halogens is 3. The molecule has 1 saturated heterocycles. The molecule has 1 atom stereocenters. The van der Waals surface area contributed by atoms with E-state index in [0.29, 0.717) is 12.1 Å². The third kappa shape index (κ3) is 4.73. The highest BCUT2D eigenvalue weighted by Gasteiger charge is 2.30. The van der Waals surface area contributed by atoms with Crippen LogP contribution in [0.25, 0.3) is 0 Å². The minimum absolute atomic E-state index is 0.394. The predicted molar refractivity (Wildman–Crippen MR) is 98.1 cm³/mol. The minimum Gasteiger partial charge on any atom is -0.495 e. The lowest BCUT2D eigenvalue weighted by Gasteiger charge is -2.37. The van der Waals surface area contributed by atoms with Crippen molar-refractivity contribution in [2.45, 2.75) is 12.3 Å². The number of anilines is 1. The molecule has 3 rings (SSSR count). The monoisotopic (exact) mass is 380 g/mol. The molecule has 27 heavy (non-hydrogen) atoms. The quantitative estimate of drug-likeness (QED) is 0.860. The molecular weight excluding hydrogens is 357 g/mol. The number of benzene rings is 2. The van der Waals surface area contributed by atoms with Gasteiger partial charge in [0.15, 0.2) is 0 Å². The number of rotatable bonds is 5. The first-order valence-electron chi connectivity index (χ1n) is 8.84. The Morgan fingerprint density at radius 1 is 1.00 bits per heavy atom. The van der Waals surface area contributed by atoms with Crippen molar-refractivity contribution in [2.75, 3.05) is 44.7 Å². The largest absolute Gasteiger partial charge is 0.495 e. The van der Waals surface area contributed by atoms with Crippen LogP contribution in [0.1, 0.15) is 17.2 Å². The van der Waals surface area contributed by atoms with Gasteiger partial charge in [0, 0.05) is 32.7 Å². The van der Waals surface area contributed by atoms with E-state index in [1.165, 1.54) is 12.1 Å². The highest BCUT2D eigenvalue weighted by atomic mass is 19.4. The fourth-order valence-corrected chi connectivity index (χ4v) is 3.31. The lowest BCUT2D eigenvalue weighted by atomic mass is 10.1. The van der Waals surface area contributed by atoms with Gasteiger partial charge < -0.3 is 14.7 Å². The average Bonchev–Trinajstić information content (AvgIpc) is 2.68. The summed E-state index contributed by atoms with van der Waals surface area (Å²) in [6.07, 6.45) is -5.18. The summed E-state index contributed by atoms with van der Waals surface area (Å²) in [7, 11) is 1.65. The Hall–Kier alpha value is -2.25.